The highest BCUT2D eigenvalue weighted by Gasteiger charge is 2.22. The minimum atomic E-state index is 1.02. The molecule has 2 heteroatoms. The van der Waals surface area contributed by atoms with E-state index in [1.165, 1.54) is 21.5 Å². The van der Waals surface area contributed by atoms with Gasteiger partial charge in [0.1, 0.15) is 0 Å². The molecule has 2 nitrogen and oxygen atoms in total. The molecule has 4 aromatic carbocycles. The molecule has 0 spiro atoms. The number of nitrogens with zero attached hydrogens (tertiary/aromatic N) is 2. The van der Waals surface area contributed by atoms with Gasteiger partial charge in [0.05, 0.1) is 11.4 Å². The second kappa shape index (κ2) is 17.4. The molecular formula is C46H48N2. The molecule has 0 N–H and O–H groups in total. The lowest BCUT2D eigenvalue weighted by atomic mass is 9.93. The van der Waals surface area contributed by atoms with Gasteiger partial charge >= 0.3 is 0 Å². The summed E-state index contributed by atoms with van der Waals surface area (Å²) in [7, 11) is 0. The van der Waals surface area contributed by atoms with E-state index in [0.717, 1.165) is 44.9 Å². The highest BCUT2D eigenvalue weighted by atomic mass is 15.2. The van der Waals surface area contributed by atoms with Gasteiger partial charge in [-0.3, -0.25) is 0 Å². The van der Waals surface area contributed by atoms with Crippen molar-refractivity contribution >= 4 is 43.7 Å². The molecule has 0 aliphatic rings. The monoisotopic (exact) mass is 628 g/mol. The van der Waals surface area contributed by atoms with Crippen molar-refractivity contribution in [3.05, 3.63) is 194 Å². The highest BCUT2D eigenvalue weighted by molar-refractivity contribution is 6.24. The molecule has 0 heterocycles. The van der Waals surface area contributed by atoms with Crippen molar-refractivity contribution in [2.75, 3.05) is 9.80 Å². The van der Waals surface area contributed by atoms with Crippen molar-refractivity contribution < 1.29 is 0 Å². The molecule has 0 radical (unpaired) electrons. The quantitative estimate of drug-likeness (QED) is 0.107. The summed E-state index contributed by atoms with van der Waals surface area (Å²) in [6, 6.07) is 22.2. The third-order valence-corrected chi connectivity index (χ3v) is 8.04. The molecule has 0 unspecified atom stereocenters. The number of anilines is 2. The molecule has 0 bridgehead atoms. The van der Waals surface area contributed by atoms with Crippen molar-refractivity contribution in [2.24, 2.45) is 0 Å². The van der Waals surface area contributed by atoms with Gasteiger partial charge in [0.15, 0.2) is 0 Å². The van der Waals surface area contributed by atoms with Crippen molar-refractivity contribution in [1.82, 2.24) is 0 Å². The number of fused-ring (bicyclic) bond motifs is 5. The Morgan fingerprint density at radius 1 is 0.458 bits per heavy atom. The van der Waals surface area contributed by atoms with Crippen LogP contribution in [-0.4, -0.2) is 0 Å². The van der Waals surface area contributed by atoms with Crippen LogP contribution in [0.25, 0.3) is 32.3 Å². The van der Waals surface area contributed by atoms with E-state index in [-0.39, 0.29) is 0 Å². The summed E-state index contributed by atoms with van der Waals surface area (Å²) in [4.78, 5) is 4.67. The molecule has 48 heavy (non-hydrogen) atoms. The summed E-state index contributed by atoms with van der Waals surface area (Å²) in [5, 5.41) is 7.05. The van der Waals surface area contributed by atoms with Gasteiger partial charge in [-0.1, -0.05) is 116 Å². The molecule has 0 aromatic heterocycles. The summed E-state index contributed by atoms with van der Waals surface area (Å²) in [5.41, 5.74) is 6.38. The van der Waals surface area contributed by atoms with E-state index in [1.54, 1.807) is 0 Å². The zero-order valence-corrected chi connectivity index (χ0v) is 29.3. The van der Waals surface area contributed by atoms with Crippen molar-refractivity contribution in [2.45, 2.75) is 41.5 Å². The minimum Gasteiger partial charge on any atom is -0.310 e. The topological polar surface area (TPSA) is 6.48 Å². The van der Waals surface area contributed by atoms with Crippen LogP contribution in [0.5, 0.6) is 0 Å². The Hall–Kier alpha value is -5.60. The molecule has 242 valence electrons. The normalized spacial score (nSPS) is 13.9. The van der Waals surface area contributed by atoms with Gasteiger partial charge < -0.3 is 9.80 Å². The van der Waals surface area contributed by atoms with Gasteiger partial charge in [-0.2, -0.15) is 0 Å². The number of hydrogen-bond donors (Lipinski definition) is 0. The summed E-state index contributed by atoms with van der Waals surface area (Å²) in [5.74, 6) is 0. The molecule has 0 aliphatic heterocycles. The Morgan fingerprint density at radius 3 is 1.21 bits per heavy atom. The average Bonchev–Trinajstić information content (AvgIpc) is 3.11. The molecular weight excluding hydrogens is 581 g/mol. The largest absolute Gasteiger partial charge is 0.310 e. The van der Waals surface area contributed by atoms with Crippen LogP contribution in [0.2, 0.25) is 0 Å². The van der Waals surface area contributed by atoms with E-state index in [2.05, 4.69) is 203 Å². The first-order valence-electron chi connectivity index (χ1n) is 16.7. The van der Waals surface area contributed by atoms with E-state index >= 15 is 0 Å². The molecule has 4 aromatic rings. The maximum atomic E-state index is 4.06. The van der Waals surface area contributed by atoms with Crippen LogP contribution >= 0.6 is 0 Å². The Labute approximate surface area is 288 Å². The zero-order chi connectivity index (χ0) is 34.5. The van der Waals surface area contributed by atoms with Crippen LogP contribution in [0.4, 0.5) is 11.4 Å². The van der Waals surface area contributed by atoms with Gasteiger partial charge in [0.25, 0.3) is 0 Å². The standard InChI is InChI=1S/C46H48N2/c1-9-17-28-38(27-15-7)48(37(25-13-5)26-14-6)46-34-44-39-29-18-20-31-41(39)45(33-43(44)40-30-19-21-32-42(40)46)47(35(16-8)22-10-2)36(23-11-3)24-12-4/h9-34H,3,5H2,1-2,4,6-8H3/b17-9-,22-10-,24-12-,26-14-,27-15-,35-16+,36-23+,37-25+,38-28+. The summed E-state index contributed by atoms with van der Waals surface area (Å²) < 4.78 is 0. The second-order valence-electron chi connectivity index (χ2n) is 11.1. The van der Waals surface area contributed by atoms with Crippen molar-refractivity contribution in [1.29, 1.82) is 0 Å². The van der Waals surface area contributed by atoms with Crippen LogP contribution in [0, 0.1) is 0 Å². The summed E-state index contributed by atoms with van der Waals surface area (Å²) in [6.07, 6.45) is 33.2. The predicted octanol–water partition coefficient (Wildman–Crippen LogP) is 13.6. The van der Waals surface area contributed by atoms with Crippen LogP contribution in [-0.2, 0) is 0 Å². The van der Waals surface area contributed by atoms with Crippen LogP contribution < -0.4 is 9.80 Å². The van der Waals surface area contributed by atoms with E-state index in [1.807, 2.05) is 19.1 Å². The first-order chi connectivity index (χ1) is 23.5. The van der Waals surface area contributed by atoms with Crippen molar-refractivity contribution in [3.8, 4) is 0 Å². The zero-order valence-electron chi connectivity index (χ0n) is 29.3. The second-order valence-corrected chi connectivity index (χ2v) is 11.1. The minimum absolute atomic E-state index is 1.02. The first-order valence-corrected chi connectivity index (χ1v) is 16.7. The SMILES string of the molecule is C=C/C=C(\C=C/C)N(C(/C=C\C)=C/C)c1cc2c3ccccc3c(N(C(/C=C\C)=C/C=C)C(/C=C\C)=C/C=C\C)cc2c2ccccc12. The molecule has 0 atom stereocenters. The summed E-state index contributed by atoms with van der Waals surface area (Å²) in [6.45, 7) is 20.5. The lowest BCUT2D eigenvalue weighted by Gasteiger charge is -2.31. The fraction of sp³-hybridized carbons (Fsp3) is 0.130. The van der Waals surface area contributed by atoms with E-state index in [9.17, 15) is 0 Å². The van der Waals surface area contributed by atoms with Gasteiger partial charge in [0, 0.05) is 33.6 Å². The molecule has 0 saturated heterocycles. The maximum Gasteiger partial charge on any atom is 0.0546 e. The lowest BCUT2D eigenvalue weighted by molar-refractivity contribution is 1.14. The fourth-order valence-corrected chi connectivity index (χ4v) is 6.17. The molecule has 0 saturated carbocycles. The van der Waals surface area contributed by atoms with Crippen LogP contribution in [0.1, 0.15) is 41.5 Å². The predicted molar refractivity (Wildman–Crippen MR) is 216 cm³/mol. The Kier molecular flexibility index (Phi) is 12.7. The van der Waals surface area contributed by atoms with Crippen LogP contribution in [0.15, 0.2) is 194 Å². The molecule has 0 amide bonds. The number of hydrogen-bond acceptors (Lipinski definition) is 2. The third kappa shape index (κ3) is 7.35. The summed E-state index contributed by atoms with van der Waals surface area (Å²) >= 11 is 0. The smallest absolute Gasteiger partial charge is 0.0546 e. The van der Waals surface area contributed by atoms with Gasteiger partial charge in [-0.05, 0) is 118 Å². The number of rotatable bonds is 13. The molecule has 4 rings (SSSR count). The molecule has 0 fully saturated rings. The van der Waals surface area contributed by atoms with Gasteiger partial charge in [0.2, 0.25) is 0 Å². The van der Waals surface area contributed by atoms with Gasteiger partial charge in [-0.25, -0.2) is 0 Å². The fourth-order valence-electron chi connectivity index (χ4n) is 6.17. The van der Waals surface area contributed by atoms with E-state index in [0.29, 0.717) is 0 Å². The average molecular weight is 629 g/mol. The Bertz CT molecular complexity index is 2070. The lowest BCUT2D eigenvalue weighted by Crippen LogP contribution is -2.21. The third-order valence-electron chi connectivity index (χ3n) is 8.04. The number of benzene rings is 4. The highest BCUT2D eigenvalue weighted by Crippen LogP contribution is 2.44. The number of allylic oxidation sites excluding steroid dienone is 16. The van der Waals surface area contributed by atoms with E-state index < -0.39 is 0 Å². The van der Waals surface area contributed by atoms with E-state index in [4.69, 9.17) is 0 Å². The molecule has 0 aliphatic carbocycles. The maximum absolute atomic E-state index is 4.06. The first kappa shape index (κ1) is 35.3. The van der Waals surface area contributed by atoms with Crippen LogP contribution in [0.3, 0.4) is 0 Å². The van der Waals surface area contributed by atoms with Gasteiger partial charge in [-0.15, -0.1) is 0 Å². The van der Waals surface area contributed by atoms with Crippen molar-refractivity contribution in [3.63, 3.8) is 0 Å². The Morgan fingerprint density at radius 2 is 0.833 bits per heavy atom. The Balaban J connectivity index is 2.27.